The zero-order valence-electron chi connectivity index (χ0n) is 20.5. The first-order valence-corrected chi connectivity index (χ1v) is 12.8. The van der Waals surface area contributed by atoms with E-state index in [0.29, 0.717) is 18.1 Å². The number of anilines is 1. The highest BCUT2D eigenvalue weighted by molar-refractivity contribution is 6.30. The third-order valence-corrected chi connectivity index (χ3v) is 7.49. The van der Waals surface area contributed by atoms with E-state index in [2.05, 4.69) is 55.6 Å². The molecule has 0 aromatic heterocycles. The molecule has 1 aliphatic heterocycles. The standard InChI is InChI=1S/C32H28ClNO2/c1-32(2)17-25-29-23-11-7-6-10-21(23)12-14-26(29)34-31(30(25)27(35)18-32)24-16-22(33)13-15-28(24)36-19-20-8-4-3-5-9-20/h3-16,31,34H,17-19H2,1-2H3/t31-/m0/s1. The van der Waals surface area contributed by atoms with Gasteiger partial charge in [0.1, 0.15) is 12.4 Å². The zero-order chi connectivity index (χ0) is 24.9. The van der Waals surface area contributed by atoms with E-state index in [1.54, 1.807) is 0 Å². The summed E-state index contributed by atoms with van der Waals surface area (Å²) in [7, 11) is 0. The Bertz CT molecular complexity index is 1520. The fourth-order valence-corrected chi connectivity index (χ4v) is 5.86. The maximum Gasteiger partial charge on any atom is 0.162 e. The van der Waals surface area contributed by atoms with Gasteiger partial charge < -0.3 is 10.1 Å². The Balaban J connectivity index is 1.51. The smallest absolute Gasteiger partial charge is 0.162 e. The summed E-state index contributed by atoms with van der Waals surface area (Å²) in [6.45, 7) is 4.81. The van der Waals surface area contributed by atoms with Gasteiger partial charge in [-0.1, -0.05) is 86.1 Å². The molecule has 1 atom stereocenters. The molecular weight excluding hydrogens is 466 g/mol. The molecular formula is C32H28ClNO2. The molecule has 0 unspecified atom stereocenters. The lowest BCUT2D eigenvalue weighted by molar-refractivity contribution is -0.118. The number of hydrogen-bond donors (Lipinski definition) is 1. The lowest BCUT2D eigenvalue weighted by Gasteiger charge is -2.40. The molecule has 0 fully saturated rings. The molecule has 4 heteroatoms. The third-order valence-electron chi connectivity index (χ3n) is 7.26. The van der Waals surface area contributed by atoms with Gasteiger partial charge in [-0.15, -0.1) is 0 Å². The van der Waals surface area contributed by atoms with Gasteiger partial charge in [0.15, 0.2) is 5.78 Å². The number of nitrogens with one attached hydrogen (secondary N) is 1. The molecule has 4 aromatic carbocycles. The van der Waals surface area contributed by atoms with Crippen molar-refractivity contribution in [2.24, 2.45) is 5.41 Å². The van der Waals surface area contributed by atoms with Crippen molar-refractivity contribution in [2.75, 3.05) is 5.32 Å². The Morgan fingerprint density at radius 1 is 0.944 bits per heavy atom. The number of Topliss-reactive ketones (excluding diaryl/α,β-unsaturated/α-hetero) is 1. The lowest BCUT2D eigenvalue weighted by Crippen LogP contribution is -2.33. The Morgan fingerprint density at radius 3 is 2.56 bits per heavy atom. The maximum atomic E-state index is 13.8. The molecule has 0 spiro atoms. The van der Waals surface area contributed by atoms with Crippen LogP contribution < -0.4 is 10.1 Å². The maximum absolute atomic E-state index is 13.8. The van der Waals surface area contributed by atoms with E-state index in [0.717, 1.165) is 45.7 Å². The van der Waals surface area contributed by atoms with Crippen molar-refractivity contribution in [1.29, 1.82) is 0 Å². The van der Waals surface area contributed by atoms with Gasteiger partial charge in [0.2, 0.25) is 0 Å². The highest BCUT2D eigenvalue weighted by Gasteiger charge is 2.41. The molecule has 1 heterocycles. The highest BCUT2D eigenvalue weighted by atomic mass is 35.5. The highest BCUT2D eigenvalue weighted by Crippen LogP contribution is 2.53. The first-order chi connectivity index (χ1) is 17.4. The van der Waals surface area contributed by atoms with Crippen molar-refractivity contribution in [2.45, 2.75) is 39.3 Å². The van der Waals surface area contributed by atoms with Gasteiger partial charge in [0.05, 0.1) is 6.04 Å². The topological polar surface area (TPSA) is 38.3 Å². The van der Waals surface area contributed by atoms with Crippen molar-refractivity contribution in [3.63, 3.8) is 0 Å². The largest absolute Gasteiger partial charge is 0.489 e. The normalized spacial score (nSPS) is 18.4. The molecule has 3 nitrogen and oxygen atoms in total. The summed E-state index contributed by atoms with van der Waals surface area (Å²) in [5, 5.41) is 6.68. The second-order valence-corrected chi connectivity index (χ2v) is 11.0. The molecule has 0 saturated carbocycles. The van der Waals surface area contributed by atoms with Crippen LogP contribution in [0.5, 0.6) is 5.75 Å². The van der Waals surface area contributed by atoms with Crippen LogP contribution >= 0.6 is 11.6 Å². The van der Waals surface area contributed by atoms with Crippen LogP contribution in [0.15, 0.2) is 90.5 Å². The molecule has 1 N–H and O–H groups in total. The van der Waals surface area contributed by atoms with Crippen molar-refractivity contribution in [3.8, 4) is 5.75 Å². The molecule has 6 rings (SSSR count). The summed E-state index contributed by atoms with van der Waals surface area (Å²) in [5.74, 6) is 0.917. The van der Waals surface area contributed by atoms with E-state index in [9.17, 15) is 4.79 Å². The fraction of sp³-hybridized carbons (Fsp3) is 0.219. The van der Waals surface area contributed by atoms with Crippen molar-refractivity contribution < 1.29 is 9.53 Å². The first kappa shape index (κ1) is 22.9. The number of ketones is 1. The van der Waals surface area contributed by atoms with Crippen molar-refractivity contribution >= 4 is 39.4 Å². The molecule has 0 bridgehead atoms. The van der Waals surface area contributed by atoms with Crippen LogP contribution in [-0.4, -0.2) is 5.78 Å². The summed E-state index contributed by atoms with van der Waals surface area (Å²) in [6.07, 6.45) is 1.36. The fourth-order valence-electron chi connectivity index (χ4n) is 5.68. The first-order valence-electron chi connectivity index (χ1n) is 12.4. The van der Waals surface area contributed by atoms with Gasteiger partial charge in [0, 0.05) is 33.8 Å². The molecule has 4 aromatic rings. The van der Waals surface area contributed by atoms with Gasteiger partial charge in [-0.3, -0.25) is 4.79 Å². The SMILES string of the molecule is CC1(C)CC(=O)C2=C(C1)c1c(ccc3ccccc13)N[C@H]2c1cc(Cl)ccc1OCc1ccccc1. The molecule has 2 aliphatic rings. The number of rotatable bonds is 4. The van der Waals surface area contributed by atoms with E-state index in [1.807, 2.05) is 48.5 Å². The quantitative estimate of drug-likeness (QED) is 0.310. The number of benzene rings is 4. The predicted octanol–water partition coefficient (Wildman–Crippen LogP) is 8.38. The Labute approximate surface area is 216 Å². The number of carbonyl (C=O) groups excluding carboxylic acids is 1. The minimum atomic E-state index is -0.332. The zero-order valence-corrected chi connectivity index (χ0v) is 21.2. The second kappa shape index (κ2) is 8.83. The monoisotopic (exact) mass is 493 g/mol. The van der Waals surface area contributed by atoms with Gasteiger partial charge in [-0.05, 0) is 58.0 Å². The lowest BCUT2D eigenvalue weighted by atomic mass is 9.68. The average molecular weight is 494 g/mol. The summed E-state index contributed by atoms with van der Waals surface area (Å²) in [6, 6.07) is 28.1. The third kappa shape index (κ3) is 4.08. The van der Waals surface area contributed by atoms with E-state index in [4.69, 9.17) is 16.3 Å². The van der Waals surface area contributed by atoms with Gasteiger partial charge in [-0.25, -0.2) is 0 Å². The van der Waals surface area contributed by atoms with Gasteiger partial charge >= 0.3 is 0 Å². The van der Waals surface area contributed by atoms with Crippen LogP contribution in [0.1, 0.15) is 49.4 Å². The Morgan fingerprint density at radius 2 is 1.72 bits per heavy atom. The van der Waals surface area contributed by atoms with Crippen LogP contribution in [0.2, 0.25) is 5.02 Å². The predicted molar refractivity (Wildman–Crippen MR) is 147 cm³/mol. The molecule has 180 valence electrons. The van der Waals surface area contributed by atoms with Crippen LogP contribution in [0.4, 0.5) is 5.69 Å². The molecule has 0 radical (unpaired) electrons. The number of carbonyl (C=O) groups is 1. The van der Waals surface area contributed by atoms with Crippen LogP contribution in [-0.2, 0) is 11.4 Å². The van der Waals surface area contributed by atoms with Crippen LogP contribution in [0.3, 0.4) is 0 Å². The molecule has 36 heavy (non-hydrogen) atoms. The number of hydrogen-bond acceptors (Lipinski definition) is 3. The minimum Gasteiger partial charge on any atom is -0.489 e. The van der Waals surface area contributed by atoms with Gasteiger partial charge in [0.25, 0.3) is 0 Å². The number of fused-ring (bicyclic) bond motifs is 4. The van der Waals surface area contributed by atoms with Crippen molar-refractivity contribution in [1.82, 2.24) is 0 Å². The Hall–Kier alpha value is -3.56. The number of allylic oxidation sites excluding steroid dienone is 1. The number of halogens is 1. The van der Waals surface area contributed by atoms with E-state index < -0.39 is 0 Å². The van der Waals surface area contributed by atoms with E-state index in [1.165, 1.54) is 10.8 Å². The summed E-state index contributed by atoms with van der Waals surface area (Å²) in [4.78, 5) is 13.8. The van der Waals surface area contributed by atoms with Crippen LogP contribution in [0, 0.1) is 5.41 Å². The minimum absolute atomic E-state index is 0.104. The summed E-state index contributed by atoms with van der Waals surface area (Å²) >= 11 is 6.50. The van der Waals surface area contributed by atoms with Crippen molar-refractivity contribution in [3.05, 3.63) is 112 Å². The van der Waals surface area contributed by atoms with Crippen LogP contribution in [0.25, 0.3) is 16.3 Å². The number of ether oxygens (including phenoxy) is 1. The summed E-state index contributed by atoms with van der Waals surface area (Å²) < 4.78 is 6.31. The Kier molecular flexibility index (Phi) is 5.61. The second-order valence-electron chi connectivity index (χ2n) is 10.6. The molecule has 0 amide bonds. The summed E-state index contributed by atoms with van der Waals surface area (Å²) in [5.41, 5.74) is 6.03. The molecule has 1 aliphatic carbocycles. The van der Waals surface area contributed by atoms with Gasteiger partial charge in [-0.2, -0.15) is 0 Å². The molecule has 0 saturated heterocycles. The average Bonchev–Trinajstić information content (AvgIpc) is 2.87. The van der Waals surface area contributed by atoms with E-state index in [-0.39, 0.29) is 17.2 Å². The van der Waals surface area contributed by atoms with E-state index >= 15 is 0 Å².